The molecule has 1 unspecified atom stereocenters. The lowest BCUT2D eigenvalue weighted by Gasteiger charge is -2.18. The quantitative estimate of drug-likeness (QED) is 0.0199. The molecule has 0 heterocycles. The first-order chi connectivity index (χ1) is 32.5. The Balaban J connectivity index is 4.54. The van der Waals surface area contributed by atoms with E-state index in [1.54, 1.807) is 0 Å². The van der Waals surface area contributed by atoms with Crippen LogP contribution in [0.15, 0.2) is 122 Å². The second-order valence-corrected chi connectivity index (χ2v) is 17.0. The van der Waals surface area contributed by atoms with Crippen molar-refractivity contribution in [3.63, 3.8) is 0 Å². The summed E-state index contributed by atoms with van der Waals surface area (Å²) in [5.41, 5.74) is 0. The molecule has 0 bridgehead atoms. The van der Waals surface area contributed by atoms with Crippen LogP contribution < -0.4 is 0 Å². The summed E-state index contributed by atoms with van der Waals surface area (Å²) < 4.78 is 16.8. The third-order valence-corrected chi connectivity index (χ3v) is 10.7. The molecule has 0 amide bonds. The molecular weight excluding hydrogens is 817 g/mol. The van der Waals surface area contributed by atoms with E-state index in [9.17, 15) is 14.4 Å². The van der Waals surface area contributed by atoms with Gasteiger partial charge in [0.15, 0.2) is 6.10 Å². The molecule has 0 saturated carbocycles. The summed E-state index contributed by atoms with van der Waals surface area (Å²) in [6, 6.07) is 0. The molecule has 66 heavy (non-hydrogen) atoms. The van der Waals surface area contributed by atoms with Crippen LogP contribution >= 0.6 is 0 Å². The average molecular weight is 913 g/mol. The Morgan fingerprint density at radius 3 is 1.08 bits per heavy atom. The fourth-order valence-electron chi connectivity index (χ4n) is 6.78. The van der Waals surface area contributed by atoms with Crippen LogP contribution in [0.25, 0.3) is 0 Å². The smallest absolute Gasteiger partial charge is 0.306 e. The molecule has 6 heteroatoms. The van der Waals surface area contributed by atoms with Crippen molar-refractivity contribution in [3.05, 3.63) is 122 Å². The Hall–Kier alpha value is -4.19. The minimum Gasteiger partial charge on any atom is -0.462 e. The van der Waals surface area contributed by atoms with Gasteiger partial charge in [-0.25, -0.2) is 0 Å². The van der Waals surface area contributed by atoms with E-state index in [0.717, 1.165) is 122 Å². The monoisotopic (exact) mass is 913 g/mol. The van der Waals surface area contributed by atoms with Crippen molar-refractivity contribution in [2.45, 2.75) is 226 Å². The van der Waals surface area contributed by atoms with E-state index in [1.165, 1.54) is 51.4 Å². The van der Waals surface area contributed by atoms with Gasteiger partial charge in [-0.3, -0.25) is 14.4 Å². The van der Waals surface area contributed by atoms with Crippen LogP contribution in [0, 0.1) is 0 Å². The minimum absolute atomic E-state index is 0.111. The molecule has 0 aliphatic carbocycles. The highest BCUT2D eigenvalue weighted by atomic mass is 16.6. The van der Waals surface area contributed by atoms with Gasteiger partial charge in [-0.05, 0) is 116 Å². The van der Waals surface area contributed by atoms with Crippen molar-refractivity contribution in [2.24, 2.45) is 0 Å². The van der Waals surface area contributed by atoms with Gasteiger partial charge in [-0.15, -0.1) is 0 Å². The van der Waals surface area contributed by atoms with Crippen LogP contribution in [0.4, 0.5) is 0 Å². The maximum Gasteiger partial charge on any atom is 0.306 e. The summed E-state index contributed by atoms with van der Waals surface area (Å²) in [5, 5.41) is 0. The summed E-state index contributed by atoms with van der Waals surface area (Å²) in [5.74, 6) is -1.00. The molecular formula is C60H96O6. The Kier molecular flexibility index (Phi) is 50.0. The van der Waals surface area contributed by atoms with Crippen LogP contribution in [-0.4, -0.2) is 37.2 Å². The summed E-state index contributed by atoms with van der Waals surface area (Å²) in [4.78, 5) is 38.0. The number of esters is 3. The van der Waals surface area contributed by atoms with E-state index in [2.05, 4.69) is 142 Å². The molecule has 0 aliphatic heterocycles. The van der Waals surface area contributed by atoms with E-state index in [4.69, 9.17) is 14.2 Å². The second-order valence-electron chi connectivity index (χ2n) is 17.0. The molecule has 0 aromatic rings. The van der Waals surface area contributed by atoms with Crippen molar-refractivity contribution in [3.8, 4) is 0 Å². The van der Waals surface area contributed by atoms with E-state index >= 15 is 0 Å². The number of ether oxygens (including phenoxy) is 3. The van der Waals surface area contributed by atoms with Gasteiger partial charge in [-0.2, -0.15) is 0 Å². The highest BCUT2D eigenvalue weighted by molar-refractivity contribution is 5.71. The van der Waals surface area contributed by atoms with E-state index < -0.39 is 6.10 Å². The Morgan fingerprint density at radius 1 is 0.333 bits per heavy atom. The van der Waals surface area contributed by atoms with E-state index in [1.807, 2.05) is 0 Å². The van der Waals surface area contributed by atoms with Crippen LogP contribution in [-0.2, 0) is 28.6 Å². The molecule has 0 spiro atoms. The second kappa shape index (κ2) is 53.4. The van der Waals surface area contributed by atoms with Crippen molar-refractivity contribution < 1.29 is 28.6 Å². The number of unbranched alkanes of at least 4 members (excludes halogenated alkanes) is 16. The van der Waals surface area contributed by atoms with Crippen LogP contribution in [0.5, 0.6) is 0 Å². The molecule has 0 saturated heterocycles. The molecule has 0 N–H and O–H groups in total. The minimum atomic E-state index is -0.816. The van der Waals surface area contributed by atoms with Gasteiger partial charge >= 0.3 is 17.9 Å². The van der Waals surface area contributed by atoms with Gasteiger partial charge in [0.1, 0.15) is 13.2 Å². The first kappa shape index (κ1) is 61.8. The van der Waals surface area contributed by atoms with Gasteiger partial charge < -0.3 is 14.2 Å². The standard InChI is InChI=1S/C60H96O6/c1-4-7-10-13-16-19-22-25-28-30-33-35-38-41-44-47-50-53-59(62)65-56-57(55-64-58(61)52-49-46-43-40-37-34-31-27-24-21-18-15-12-9-6-3)66-60(63)54-51-48-45-42-39-36-32-29-26-23-20-17-14-11-8-5-2/h7-8,10-11,16-21,24-29,33,35,41,44,57H,4-6,9,12-15,22-23,30-32,34,36-40,42-43,45-56H2,1-3H3/b10-7-,11-8-,19-16-,20-17-,21-18-,27-24-,28-25-,29-26-,35-33-,44-41-. The summed E-state index contributed by atoms with van der Waals surface area (Å²) in [6.45, 7) is 6.30. The lowest BCUT2D eigenvalue weighted by Crippen LogP contribution is -2.30. The van der Waals surface area contributed by atoms with Crippen LogP contribution in [0.3, 0.4) is 0 Å². The fraction of sp³-hybridized carbons (Fsp3) is 0.617. The molecule has 0 aliphatic rings. The number of rotatable bonds is 46. The van der Waals surface area contributed by atoms with Crippen molar-refractivity contribution in [1.82, 2.24) is 0 Å². The van der Waals surface area contributed by atoms with Gasteiger partial charge in [-0.1, -0.05) is 206 Å². The maximum absolute atomic E-state index is 12.8. The van der Waals surface area contributed by atoms with Gasteiger partial charge in [0.2, 0.25) is 0 Å². The Morgan fingerprint density at radius 2 is 0.652 bits per heavy atom. The predicted octanol–water partition coefficient (Wildman–Crippen LogP) is 17.7. The zero-order valence-corrected chi connectivity index (χ0v) is 42.4. The largest absolute Gasteiger partial charge is 0.462 e. The molecule has 6 nitrogen and oxygen atoms in total. The topological polar surface area (TPSA) is 78.9 Å². The molecule has 0 radical (unpaired) electrons. The third kappa shape index (κ3) is 50.8. The van der Waals surface area contributed by atoms with Crippen LogP contribution in [0.2, 0.25) is 0 Å². The maximum atomic E-state index is 12.8. The summed E-state index contributed by atoms with van der Waals surface area (Å²) >= 11 is 0. The lowest BCUT2D eigenvalue weighted by molar-refractivity contribution is -0.167. The first-order valence-corrected chi connectivity index (χ1v) is 26.6. The number of hydrogen-bond acceptors (Lipinski definition) is 6. The number of allylic oxidation sites excluding steroid dienone is 20. The zero-order valence-electron chi connectivity index (χ0n) is 42.4. The van der Waals surface area contributed by atoms with Crippen LogP contribution in [0.1, 0.15) is 220 Å². The zero-order chi connectivity index (χ0) is 47.9. The number of carbonyl (C=O) groups is 3. The molecule has 0 aromatic carbocycles. The number of carbonyl (C=O) groups excluding carboxylic acids is 3. The third-order valence-electron chi connectivity index (χ3n) is 10.7. The van der Waals surface area contributed by atoms with Gasteiger partial charge in [0, 0.05) is 19.3 Å². The molecule has 372 valence electrons. The highest BCUT2D eigenvalue weighted by Gasteiger charge is 2.19. The SMILES string of the molecule is CC/C=C\C/C=C\C/C=C\C/C=C\C/C=C\CCCC(=O)OCC(COC(=O)CCCCCCCC/C=C\C=C/CCCCC)OC(=O)CCCCCCCC/C=C\C/C=C\C/C=C\CC. The molecule has 0 aromatic heterocycles. The summed E-state index contributed by atoms with van der Waals surface area (Å²) in [6.07, 6.45) is 73.2. The number of hydrogen-bond donors (Lipinski definition) is 0. The van der Waals surface area contributed by atoms with E-state index in [-0.39, 0.29) is 37.5 Å². The normalized spacial score (nSPS) is 13.1. The molecule has 0 rings (SSSR count). The molecule has 0 fully saturated rings. The Bertz CT molecular complexity index is 1420. The Labute approximate surface area is 405 Å². The first-order valence-electron chi connectivity index (χ1n) is 26.6. The average Bonchev–Trinajstić information content (AvgIpc) is 3.31. The van der Waals surface area contributed by atoms with Gasteiger partial charge in [0.05, 0.1) is 0 Å². The van der Waals surface area contributed by atoms with E-state index in [0.29, 0.717) is 19.3 Å². The molecule has 1 atom stereocenters. The highest BCUT2D eigenvalue weighted by Crippen LogP contribution is 2.13. The van der Waals surface area contributed by atoms with Crippen molar-refractivity contribution in [1.29, 1.82) is 0 Å². The van der Waals surface area contributed by atoms with Gasteiger partial charge in [0.25, 0.3) is 0 Å². The van der Waals surface area contributed by atoms with Crippen molar-refractivity contribution in [2.75, 3.05) is 13.2 Å². The fourth-order valence-corrected chi connectivity index (χ4v) is 6.78. The van der Waals surface area contributed by atoms with Crippen molar-refractivity contribution >= 4 is 17.9 Å². The lowest BCUT2D eigenvalue weighted by atomic mass is 10.1. The summed E-state index contributed by atoms with van der Waals surface area (Å²) in [7, 11) is 0. The predicted molar refractivity (Wildman–Crippen MR) is 283 cm³/mol.